The van der Waals surface area contributed by atoms with Crippen molar-refractivity contribution in [3.8, 4) is 0 Å². The van der Waals surface area contributed by atoms with E-state index in [0.717, 1.165) is 37.7 Å². The van der Waals surface area contributed by atoms with Gasteiger partial charge in [0.2, 0.25) is 5.91 Å². The van der Waals surface area contributed by atoms with Gasteiger partial charge in [0.25, 0.3) is 0 Å². The number of nitrogens with one attached hydrogen (secondary N) is 4. The third-order valence-corrected chi connectivity index (χ3v) is 5.62. The lowest BCUT2D eigenvalue weighted by atomic mass is 9.91. The molecule has 3 unspecified atom stereocenters. The SMILES string of the molecule is CN1CCC(C(=O)NC2NC(C3CCNCC3)CS2)N1. The molecular weight excluding hydrogens is 274 g/mol. The lowest BCUT2D eigenvalue weighted by Gasteiger charge is -2.28. The minimum Gasteiger partial charge on any atom is -0.330 e. The van der Waals surface area contributed by atoms with Crippen molar-refractivity contribution >= 4 is 17.7 Å². The fourth-order valence-electron chi connectivity index (χ4n) is 3.23. The van der Waals surface area contributed by atoms with Gasteiger partial charge in [0.15, 0.2) is 0 Å². The molecule has 3 saturated heterocycles. The summed E-state index contributed by atoms with van der Waals surface area (Å²) in [5.41, 5.74) is 3.26. The number of hydrogen-bond acceptors (Lipinski definition) is 6. The monoisotopic (exact) mass is 299 g/mol. The summed E-state index contributed by atoms with van der Waals surface area (Å²) in [6.07, 6.45) is 3.37. The largest absolute Gasteiger partial charge is 0.330 e. The lowest BCUT2D eigenvalue weighted by molar-refractivity contribution is -0.123. The van der Waals surface area contributed by atoms with E-state index < -0.39 is 0 Å². The van der Waals surface area contributed by atoms with Gasteiger partial charge in [-0.25, -0.2) is 10.4 Å². The summed E-state index contributed by atoms with van der Waals surface area (Å²) < 4.78 is 0. The molecule has 0 bridgehead atoms. The lowest BCUT2D eigenvalue weighted by Crippen LogP contribution is -2.51. The van der Waals surface area contributed by atoms with Crippen molar-refractivity contribution in [2.75, 3.05) is 32.4 Å². The van der Waals surface area contributed by atoms with Crippen LogP contribution in [0.2, 0.25) is 0 Å². The molecule has 4 N–H and O–H groups in total. The summed E-state index contributed by atoms with van der Waals surface area (Å²) in [7, 11) is 1.98. The molecule has 20 heavy (non-hydrogen) atoms. The van der Waals surface area contributed by atoms with Gasteiger partial charge in [-0.2, -0.15) is 0 Å². The van der Waals surface area contributed by atoms with Crippen LogP contribution >= 0.6 is 11.8 Å². The number of piperidine rings is 1. The molecule has 3 aliphatic heterocycles. The molecule has 3 atom stereocenters. The van der Waals surface area contributed by atoms with Crippen LogP contribution in [0.25, 0.3) is 0 Å². The molecule has 0 saturated carbocycles. The van der Waals surface area contributed by atoms with Crippen LogP contribution in [0.3, 0.4) is 0 Å². The van der Waals surface area contributed by atoms with Crippen LogP contribution in [0, 0.1) is 5.92 Å². The fourth-order valence-corrected chi connectivity index (χ4v) is 4.47. The highest BCUT2D eigenvalue weighted by atomic mass is 32.2. The molecule has 0 aromatic carbocycles. The molecule has 6 nitrogen and oxygen atoms in total. The van der Waals surface area contributed by atoms with Crippen molar-refractivity contribution in [1.82, 2.24) is 26.4 Å². The van der Waals surface area contributed by atoms with Crippen LogP contribution in [0.5, 0.6) is 0 Å². The Balaban J connectivity index is 1.44. The molecule has 114 valence electrons. The molecule has 3 heterocycles. The third kappa shape index (κ3) is 3.46. The average molecular weight is 299 g/mol. The highest BCUT2D eigenvalue weighted by Crippen LogP contribution is 2.26. The van der Waals surface area contributed by atoms with Gasteiger partial charge < -0.3 is 10.6 Å². The van der Waals surface area contributed by atoms with E-state index in [1.165, 1.54) is 12.8 Å². The average Bonchev–Trinajstić information content (AvgIpc) is 3.09. The highest BCUT2D eigenvalue weighted by Gasteiger charge is 2.34. The Labute approximate surface area is 124 Å². The van der Waals surface area contributed by atoms with Crippen LogP contribution in [-0.2, 0) is 4.79 Å². The smallest absolute Gasteiger partial charge is 0.240 e. The van der Waals surface area contributed by atoms with Crippen LogP contribution in [0.15, 0.2) is 0 Å². The van der Waals surface area contributed by atoms with E-state index >= 15 is 0 Å². The van der Waals surface area contributed by atoms with Crippen molar-refractivity contribution in [3.05, 3.63) is 0 Å². The van der Waals surface area contributed by atoms with E-state index in [2.05, 4.69) is 21.4 Å². The summed E-state index contributed by atoms with van der Waals surface area (Å²) in [4.78, 5) is 12.2. The van der Waals surface area contributed by atoms with Gasteiger partial charge in [-0.15, -0.1) is 11.8 Å². The second-order valence-electron chi connectivity index (χ2n) is 5.97. The minimum absolute atomic E-state index is 0.0691. The number of hydrogen-bond donors (Lipinski definition) is 4. The number of rotatable bonds is 3. The number of carbonyl (C=O) groups excluding carboxylic acids is 1. The Morgan fingerprint density at radius 1 is 1.30 bits per heavy atom. The van der Waals surface area contributed by atoms with E-state index in [-0.39, 0.29) is 17.4 Å². The van der Waals surface area contributed by atoms with E-state index in [0.29, 0.717) is 6.04 Å². The van der Waals surface area contributed by atoms with Gasteiger partial charge in [-0.05, 0) is 38.3 Å². The van der Waals surface area contributed by atoms with Crippen LogP contribution in [0.1, 0.15) is 19.3 Å². The first-order valence-electron chi connectivity index (χ1n) is 7.58. The fraction of sp³-hybridized carbons (Fsp3) is 0.923. The van der Waals surface area contributed by atoms with Gasteiger partial charge in [0.05, 0.1) is 0 Å². The normalized spacial score (nSPS) is 36.4. The molecule has 3 rings (SSSR count). The summed E-state index contributed by atoms with van der Waals surface area (Å²) in [5.74, 6) is 1.97. The molecule has 0 radical (unpaired) electrons. The molecule has 0 spiro atoms. The first-order valence-corrected chi connectivity index (χ1v) is 8.63. The molecule has 0 aromatic rings. The molecule has 7 heteroatoms. The Hall–Kier alpha value is -0.340. The van der Waals surface area contributed by atoms with Crippen molar-refractivity contribution in [3.63, 3.8) is 0 Å². The number of amides is 1. The van der Waals surface area contributed by atoms with Crippen LogP contribution < -0.4 is 21.4 Å². The van der Waals surface area contributed by atoms with Crippen LogP contribution in [-0.4, -0.2) is 60.9 Å². The van der Waals surface area contributed by atoms with Crippen LogP contribution in [0.4, 0.5) is 0 Å². The van der Waals surface area contributed by atoms with Gasteiger partial charge in [-0.1, -0.05) is 0 Å². The Morgan fingerprint density at radius 3 is 2.80 bits per heavy atom. The van der Waals surface area contributed by atoms with Gasteiger partial charge in [0, 0.05) is 25.4 Å². The van der Waals surface area contributed by atoms with Crippen molar-refractivity contribution in [1.29, 1.82) is 0 Å². The maximum absolute atomic E-state index is 12.2. The van der Waals surface area contributed by atoms with E-state index in [4.69, 9.17) is 0 Å². The van der Waals surface area contributed by atoms with E-state index in [9.17, 15) is 4.79 Å². The van der Waals surface area contributed by atoms with E-state index in [1.54, 1.807) is 0 Å². The third-order valence-electron chi connectivity index (χ3n) is 4.48. The number of carbonyl (C=O) groups is 1. The predicted octanol–water partition coefficient (Wildman–Crippen LogP) is -0.700. The first kappa shape index (κ1) is 14.6. The van der Waals surface area contributed by atoms with Crippen molar-refractivity contribution in [2.24, 2.45) is 5.92 Å². The second kappa shape index (κ2) is 6.62. The zero-order valence-corrected chi connectivity index (χ0v) is 12.8. The van der Waals surface area contributed by atoms with Crippen molar-refractivity contribution < 1.29 is 4.79 Å². The molecule has 3 aliphatic rings. The number of thioether (sulfide) groups is 1. The molecular formula is C13H25N5OS. The van der Waals surface area contributed by atoms with Gasteiger partial charge in [-0.3, -0.25) is 10.1 Å². The Kier molecular flexibility index (Phi) is 4.83. The van der Waals surface area contributed by atoms with Crippen molar-refractivity contribution in [2.45, 2.75) is 36.8 Å². The quantitative estimate of drug-likeness (QED) is 0.553. The first-order chi connectivity index (χ1) is 9.72. The molecule has 0 aliphatic carbocycles. The molecule has 0 aromatic heterocycles. The minimum atomic E-state index is -0.0691. The second-order valence-corrected chi connectivity index (χ2v) is 7.11. The number of nitrogens with zero attached hydrogens (tertiary/aromatic N) is 1. The summed E-state index contributed by atoms with van der Waals surface area (Å²) in [6.45, 7) is 3.19. The summed E-state index contributed by atoms with van der Waals surface area (Å²) >= 11 is 1.83. The van der Waals surface area contributed by atoms with Gasteiger partial charge in [0.1, 0.15) is 11.5 Å². The number of hydrazine groups is 1. The maximum Gasteiger partial charge on any atom is 0.240 e. The van der Waals surface area contributed by atoms with Gasteiger partial charge >= 0.3 is 0 Å². The van der Waals surface area contributed by atoms with E-state index in [1.807, 2.05) is 23.8 Å². The highest BCUT2D eigenvalue weighted by molar-refractivity contribution is 8.00. The summed E-state index contributed by atoms with van der Waals surface area (Å²) in [6, 6.07) is 0.479. The molecule has 1 amide bonds. The molecule has 3 fully saturated rings. The zero-order valence-electron chi connectivity index (χ0n) is 12.0. The summed E-state index contributed by atoms with van der Waals surface area (Å²) in [5, 5.41) is 12.1. The Morgan fingerprint density at radius 2 is 2.10 bits per heavy atom. The topological polar surface area (TPSA) is 68.4 Å². The predicted molar refractivity (Wildman–Crippen MR) is 81.1 cm³/mol. The standard InChI is InChI=1S/C13H25N5OS/c1-18-7-4-10(17-18)12(19)16-13-15-11(8-20-13)9-2-5-14-6-3-9/h9-11,13-15,17H,2-8H2,1H3,(H,16,19). The maximum atomic E-state index is 12.2. The Bertz CT molecular complexity index is 350. The zero-order chi connectivity index (χ0) is 13.9.